The van der Waals surface area contributed by atoms with E-state index in [2.05, 4.69) is 12.1 Å². The molecule has 0 bridgehead atoms. The van der Waals surface area contributed by atoms with Crippen LogP contribution in [0.5, 0.6) is 0 Å². The molecule has 7 rings (SSSR count). The Morgan fingerprint density at radius 2 is 1.05 bits per heavy atom. The summed E-state index contributed by atoms with van der Waals surface area (Å²) in [7, 11) is 0. The van der Waals surface area contributed by atoms with Crippen LogP contribution < -0.4 is 0 Å². The lowest BCUT2D eigenvalue weighted by Gasteiger charge is -2.10. The van der Waals surface area contributed by atoms with E-state index in [-0.39, 0.29) is 0 Å². The van der Waals surface area contributed by atoms with E-state index in [0.29, 0.717) is 23.0 Å². The fourth-order valence-corrected chi connectivity index (χ4v) is 4.85. The third-order valence-electron chi connectivity index (χ3n) is 6.80. The fraction of sp³-hybridized carbons (Fsp3) is 0. The van der Waals surface area contributed by atoms with Gasteiger partial charge in [-0.2, -0.15) is 5.26 Å². The molecule has 5 nitrogen and oxygen atoms in total. The minimum Gasteiger partial charge on any atom is -0.456 e. The topological polar surface area (TPSA) is 75.6 Å². The summed E-state index contributed by atoms with van der Waals surface area (Å²) >= 11 is 0. The average Bonchev–Trinajstić information content (AvgIpc) is 3.40. The number of aromatic nitrogens is 3. The smallest absolute Gasteiger partial charge is 0.164 e. The molecule has 0 radical (unpaired) electrons. The molecule has 5 aromatic carbocycles. The minimum absolute atomic E-state index is 0.590. The standard InChI is InChI=1S/C34H20N4O/c35-21-22-13-15-23(16-14-22)24-17-19-26(20-18-24)33-36-32(25-7-2-1-3-8-25)37-34(38-33)28-10-6-12-30-31(28)27-9-4-5-11-29(27)39-30/h1-20H. The van der Waals surface area contributed by atoms with Gasteiger partial charge in [0, 0.05) is 27.5 Å². The van der Waals surface area contributed by atoms with Crippen molar-refractivity contribution in [1.29, 1.82) is 5.26 Å². The number of fused-ring (bicyclic) bond motifs is 3. The van der Waals surface area contributed by atoms with Crippen LogP contribution >= 0.6 is 0 Å². The SMILES string of the molecule is N#Cc1ccc(-c2ccc(-c3nc(-c4ccccc4)nc(-c4cccc5oc6ccccc6c45)n3)cc2)cc1. The molecule has 39 heavy (non-hydrogen) atoms. The zero-order chi connectivity index (χ0) is 26.2. The van der Waals surface area contributed by atoms with Gasteiger partial charge in [0.2, 0.25) is 0 Å². The number of nitriles is 1. The van der Waals surface area contributed by atoms with E-state index in [1.54, 1.807) is 0 Å². The largest absolute Gasteiger partial charge is 0.456 e. The van der Waals surface area contributed by atoms with Gasteiger partial charge in [-0.05, 0) is 35.4 Å². The van der Waals surface area contributed by atoms with Crippen LogP contribution in [0.4, 0.5) is 0 Å². The van der Waals surface area contributed by atoms with Gasteiger partial charge in [-0.15, -0.1) is 0 Å². The summed E-state index contributed by atoms with van der Waals surface area (Å²) in [5.41, 5.74) is 7.06. The van der Waals surface area contributed by atoms with Crippen molar-refractivity contribution in [3.63, 3.8) is 0 Å². The number of hydrogen-bond acceptors (Lipinski definition) is 5. The monoisotopic (exact) mass is 500 g/mol. The molecule has 0 saturated carbocycles. The van der Waals surface area contributed by atoms with Crippen LogP contribution in [0.3, 0.4) is 0 Å². The van der Waals surface area contributed by atoms with Crippen LogP contribution in [0.1, 0.15) is 5.56 Å². The first-order valence-electron chi connectivity index (χ1n) is 12.6. The third kappa shape index (κ3) is 4.11. The molecular formula is C34H20N4O. The lowest BCUT2D eigenvalue weighted by Crippen LogP contribution is -2.00. The van der Waals surface area contributed by atoms with E-state index in [4.69, 9.17) is 24.6 Å². The predicted octanol–water partition coefficient (Wildman–Crippen LogP) is 8.31. The summed E-state index contributed by atoms with van der Waals surface area (Å²) in [5.74, 6) is 1.79. The highest BCUT2D eigenvalue weighted by molar-refractivity contribution is 6.11. The van der Waals surface area contributed by atoms with Crippen LogP contribution in [0.2, 0.25) is 0 Å². The summed E-state index contributed by atoms with van der Waals surface area (Å²) in [5, 5.41) is 11.1. The second kappa shape index (κ2) is 9.37. The average molecular weight is 501 g/mol. The summed E-state index contributed by atoms with van der Waals surface area (Å²) in [6.45, 7) is 0. The van der Waals surface area contributed by atoms with E-state index >= 15 is 0 Å². The lowest BCUT2D eigenvalue weighted by atomic mass is 10.0. The number of benzene rings is 5. The molecule has 0 amide bonds. The van der Waals surface area contributed by atoms with Crippen LogP contribution in [0, 0.1) is 11.3 Å². The molecule has 7 aromatic rings. The Hall–Kier alpha value is -5.60. The van der Waals surface area contributed by atoms with Gasteiger partial charge >= 0.3 is 0 Å². The molecule has 0 aliphatic heterocycles. The zero-order valence-corrected chi connectivity index (χ0v) is 20.7. The molecule has 0 N–H and O–H groups in total. The minimum atomic E-state index is 0.590. The highest BCUT2D eigenvalue weighted by Crippen LogP contribution is 2.36. The maximum Gasteiger partial charge on any atom is 0.164 e. The van der Waals surface area contributed by atoms with Crippen LogP contribution in [-0.4, -0.2) is 15.0 Å². The zero-order valence-electron chi connectivity index (χ0n) is 20.7. The first-order chi connectivity index (χ1) is 19.3. The molecule has 0 unspecified atom stereocenters. The van der Waals surface area contributed by atoms with Crippen LogP contribution in [0.25, 0.3) is 67.2 Å². The van der Waals surface area contributed by atoms with E-state index < -0.39 is 0 Å². The van der Waals surface area contributed by atoms with Crippen molar-refractivity contribution >= 4 is 21.9 Å². The van der Waals surface area contributed by atoms with Gasteiger partial charge in [-0.1, -0.05) is 97.1 Å². The summed E-state index contributed by atoms with van der Waals surface area (Å²) in [6, 6.07) is 41.8. The molecular weight excluding hydrogens is 480 g/mol. The van der Waals surface area contributed by atoms with Gasteiger partial charge in [0.25, 0.3) is 0 Å². The summed E-state index contributed by atoms with van der Waals surface area (Å²) in [4.78, 5) is 14.8. The molecule has 0 aliphatic rings. The second-order valence-electron chi connectivity index (χ2n) is 9.22. The lowest BCUT2D eigenvalue weighted by molar-refractivity contribution is 0.669. The van der Waals surface area contributed by atoms with E-state index in [0.717, 1.165) is 49.8 Å². The Morgan fingerprint density at radius 1 is 0.487 bits per heavy atom. The highest BCUT2D eigenvalue weighted by Gasteiger charge is 2.17. The van der Waals surface area contributed by atoms with Crippen LogP contribution in [0.15, 0.2) is 126 Å². The Morgan fingerprint density at radius 3 is 1.77 bits per heavy atom. The maximum atomic E-state index is 9.09. The molecule has 0 fully saturated rings. The van der Waals surface area contributed by atoms with Gasteiger partial charge in [0.15, 0.2) is 17.5 Å². The normalized spacial score (nSPS) is 11.1. The van der Waals surface area contributed by atoms with Crippen molar-refractivity contribution in [3.05, 3.63) is 127 Å². The van der Waals surface area contributed by atoms with Crippen molar-refractivity contribution in [2.45, 2.75) is 0 Å². The van der Waals surface area contributed by atoms with Crippen molar-refractivity contribution in [2.24, 2.45) is 0 Å². The molecule has 2 aromatic heterocycles. The Bertz CT molecular complexity index is 2000. The number of nitrogens with zero attached hydrogens (tertiary/aromatic N) is 4. The Labute approximate surface area is 224 Å². The molecule has 5 heteroatoms. The van der Waals surface area contributed by atoms with Gasteiger partial charge in [0.05, 0.1) is 11.6 Å². The Kier molecular flexibility index (Phi) is 5.42. The van der Waals surface area contributed by atoms with Gasteiger partial charge < -0.3 is 4.42 Å². The first kappa shape index (κ1) is 22.6. The van der Waals surface area contributed by atoms with Crippen molar-refractivity contribution < 1.29 is 4.42 Å². The summed E-state index contributed by atoms with van der Waals surface area (Å²) < 4.78 is 6.13. The molecule has 0 atom stereocenters. The quantitative estimate of drug-likeness (QED) is 0.243. The van der Waals surface area contributed by atoms with E-state index in [9.17, 15) is 0 Å². The first-order valence-corrected chi connectivity index (χ1v) is 12.6. The molecule has 0 spiro atoms. The van der Waals surface area contributed by atoms with Crippen molar-refractivity contribution in [1.82, 2.24) is 15.0 Å². The predicted molar refractivity (Wildman–Crippen MR) is 154 cm³/mol. The number of furan rings is 1. The van der Waals surface area contributed by atoms with Crippen molar-refractivity contribution in [3.8, 4) is 51.4 Å². The maximum absolute atomic E-state index is 9.09. The van der Waals surface area contributed by atoms with Gasteiger partial charge in [-0.25, -0.2) is 15.0 Å². The molecule has 182 valence electrons. The number of para-hydroxylation sites is 1. The molecule has 0 saturated heterocycles. The molecule has 2 heterocycles. The van der Waals surface area contributed by atoms with E-state index in [1.165, 1.54) is 0 Å². The highest BCUT2D eigenvalue weighted by atomic mass is 16.3. The fourth-order valence-electron chi connectivity index (χ4n) is 4.85. The van der Waals surface area contributed by atoms with E-state index in [1.807, 2.05) is 115 Å². The second-order valence-corrected chi connectivity index (χ2v) is 9.22. The van der Waals surface area contributed by atoms with Crippen molar-refractivity contribution in [2.75, 3.05) is 0 Å². The van der Waals surface area contributed by atoms with Gasteiger partial charge in [-0.3, -0.25) is 0 Å². The van der Waals surface area contributed by atoms with Crippen LogP contribution in [-0.2, 0) is 0 Å². The number of hydrogen-bond donors (Lipinski definition) is 0. The van der Waals surface area contributed by atoms with Gasteiger partial charge in [0.1, 0.15) is 11.2 Å². The molecule has 0 aliphatic carbocycles. The third-order valence-corrected chi connectivity index (χ3v) is 6.80. The summed E-state index contributed by atoms with van der Waals surface area (Å²) in [6.07, 6.45) is 0. The Balaban J connectivity index is 1.39. The number of rotatable bonds is 4.